The van der Waals surface area contributed by atoms with Gasteiger partial charge in [-0.05, 0) is 12.1 Å². The Morgan fingerprint density at radius 2 is 1.79 bits per heavy atom. The van der Waals surface area contributed by atoms with Gasteiger partial charge < -0.3 is 0 Å². The molecule has 19 heavy (non-hydrogen) atoms. The molecule has 0 aromatic heterocycles. The van der Waals surface area contributed by atoms with E-state index in [2.05, 4.69) is 15.2 Å². The van der Waals surface area contributed by atoms with Crippen LogP contribution in [0.25, 0.3) is 0 Å². The number of azo groups is 1. The number of aliphatic imine (C=N–C) groups is 1. The summed E-state index contributed by atoms with van der Waals surface area (Å²) in [5, 5.41) is 7.61. The third-order valence-corrected chi connectivity index (χ3v) is 3.58. The summed E-state index contributed by atoms with van der Waals surface area (Å²) < 4.78 is 37.6. The van der Waals surface area contributed by atoms with E-state index in [1.165, 1.54) is 11.8 Å². The highest BCUT2D eigenvalue weighted by Crippen LogP contribution is 2.40. The van der Waals surface area contributed by atoms with E-state index in [-0.39, 0.29) is 15.7 Å². The molecule has 1 aromatic carbocycles. The highest BCUT2D eigenvalue weighted by molar-refractivity contribution is 8.14. The van der Waals surface area contributed by atoms with Crippen molar-refractivity contribution < 1.29 is 13.2 Å². The molecule has 102 valence electrons. The number of amidine groups is 1. The molecule has 0 aliphatic carbocycles. The molecule has 0 saturated carbocycles. The summed E-state index contributed by atoms with van der Waals surface area (Å²) in [6.45, 7) is 0.646. The van der Waals surface area contributed by atoms with Crippen LogP contribution in [-0.2, 0) is 6.18 Å². The van der Waals surface area contributed by atoms with Gasteiger partial charge in [0.1, 0.15) is 5.69 Å². The molecular formula is C10H6Cl2F3N3S. The van der Waals surface area contributed by atoms with Crippen molar-refractivity contribution in [1.82, 2.24) is 0 Å². The Labute approximate surface area is 120 Å². The van der Waals surface area contributed by atoms with Gasteiger partial charge in [-0.15, -0.1) is 10.2 Å². The molecule has 1 aromatic rings. The molecule has 0 N–H and O–H groups in total. The molecule has 0 bridgehead atoms. The molecule has 0 amide bonds. The first-order valence-corrected chi connectivity index (χ1v) is 6.77. The minimum absolute atomic E-state index is 0.00605. The molecule has 3 nitrogen and oxygen atoms in total. The van der Waals surface area contributed by atoms with Crippen molar-refractivity contribution in [2.75, 3.05) is 12.3 Å². The fourth-order valence-electron chi connectivity index (χ4n) is 1.30. The van der Waals surface area contributed by atoms with E-state index in [0.717, 1.165) is 17.9 Å². The second-order valence-electron chi connectivity index (χ2n) is 3.50. The van der Waals surface area contributed by atoms with E-state index in [4.69, 9.17) is 23.2 Å². The summed E-state index contributed by atoms with van der Waals surface area (Å²) in [5.41, 5.74) is -0.916. The Morgan fingerprint density at radius 3 is 2.26 bits per heavy atom. The zero-order valence-electron chi connectivity index (χ0n) is 9.21. The molecule has 0 spiro atoms. The van der Waals surface area contributed by atoms with E-state index in [1.807, 2.05) is 0 Å². The molecule has 0 unspecified atom stereocenters. The molecule has 1 heterocycles. The number of hydrogen-bond acceptors (Lipinski definition) is 4. The maximum atomic E-state index is 12.5. The van der Waals surface area contributed by atoms with E-state index < -0.39 is 11.7 Å². The lowest BCUT2D eigenvalue weighted by molar-refractivity contribution is -0.137. The summed E-state index contributed by atoms with van der Waals surface area (Å²) in [4.78, 5) is 4.02. The number of nitrogens with zero attached hydrogens (tertiary/aromatic N) is 3. The third-order valence-electron chi connectivity index (χ3n) is 2.15. The monoisotopic (exact) mass is 327 g/mol. The summed E-state index contributed by atoms with van der Waals surface area (Å²) in [6.07, 6.45) is -4.51. The van der Waals surface area contributed by atoms with Crippen molar-refractivity contribution in [3.05, 3.63) is 27.7 Å². The van der Waals surface area contributed by atoms with Crippen molar-refractivity contribution in [2.24, 2.45) is 15.2 Å². The number of benzene rings is 1. The average molecular weight is 328 g/mol. The molecule has 1 aliphatic heterocycles. The summed E-state index contributed by atoms with van der Waals surface area (Å²) in [7, 11) is 0. The number of hydrogen-bond donors (Lipinski definition) is 0. The van der Waals surface area contributed by atoms with Crippen molar-refractivity contribution in [2.45, 2.75) is 6.18 Å². The van der Waals surface area contributed by atoms with Crippen LogP contribution in [0.5, 0.6) is 0 Å². The number of thioether (sulfide) groups is 1. The van der Waals surface area contributed by atoms with Gasteiger partial charge in [0.15, 0.2) is 0 Å². The maximum absolute atomic E-state index is 12.5. The smallest absolute Gasteiger partial charge is 0.258 e. The van der Waals surface area contributed by atoms with Crippen LogP contribution in [0.1, 0.15) is 5.56 Å². The molecule has 0 fully saturated rings. The molecular weight excluding hydrogens is 322 g/mol. The van der Waals surface area contributed by atoms with Gasteiger partial charge in [-0.25, -0.2) is 0 Å². The molecule has 2 rings (SSSR count). The lowest BCUT2D eigenvalue weighted by Crippen LogP contribution is -2.04. The van der Waals surface area contributed by atoms with Crippen LogP contribution in [0.4, 0.5) is 18.9 Å². The fourth-order valence-corrected chi connectivity index (χ4v) is 2.51. The van der Waals surface area contributed by atoms with Crippen LogP contribution in [0.3, 0.4) is 0 Å². The van der Waals surface area contributed by atoms with Crippen molar-refractivity contribution in [3.63, 3.8) is 0 Å². The summed E-state index contributed by atoms with van der Waals surface area (Å²) in [5.74, 6) is 0.808. The average Bonchev–Trinajstić information content (AvgIpc) is 2.79. The largest absolute Gasteiger partial charge is 0.416 e. The highest BCUT2D eigenvalue weighted by atomic mass is 35.5. The normalized spacial score (nSPS) is 16.2. The van der Waals surface area contributed by atoms with Gasteiger partial charge in [-0.1, -0.05) is 35.0 Å². The predicted octanol–water partition coefficient (Wildman–Crippen LogP) is 5.20. The third kappa shape index (κ3) is 3.61. The molecule has 0 saturated heterocycles. The lowest BCUT2D eigenvalue weighted by atomic mass is 10.2. The first-order chi connectivity index (χ1) is 8.88. The Balaban J connectivity index is 2.32. The minimum atomic E-state index is -4.51. The van der Waals surface area contributed by atoms with Gasteiger partial charge in [0.25, 0.3) is 0 Å². The maximum Gasteiger partial charge on any atom is 0.416 e. The Hall–Kier alpha value is -0.790. The van der Waals surface area contributed by atoms with Crippen LogP contribution < -0.4 is 0 Å². The quantitative estimate of drug-likeness (QED) is 0.653. The van der Waals surface area contributed by atoms with Crippen molar-refractivity contribution in [1.29, 1.82) is 0 Å². The fraction of sp³-hybridized carbons (Fsp3) is 0.300. The van der Waals surface area contributed by atoms with Gasteiger partial charge in [-0.2, -0.15) is 13.2 Å². The zero-order chi connectivity index (χ0) is 14.0. The van der Waals surface area contributed by atoms with Gasteiger partial charge in [0.2, 0.25) is 5.17 Å². The Morgan fingerprint density at radius 1 is 1.16 bits per heavy atom. The van der Waals surface area contributed by atoms with E-state index in [0.29, 0.717) is 11.7 Å². The number of halogens is 5. The Kier molecular flexibility index (Phi) is 4.37. The first kappa shape index (κ1) is 14.6. The first-order valence-electron chi connectivity index (χ1n) is 5.03. The lowest BCUT2D eigenvalue weighted by Gasteiger charge is -2.09. The van der Waals surface area contributed by atoms with Gasteiger partial charge in [0.05, 0.1) is 22.2 Å². The molecule has 9 heteroatoms. The highest BCUT2D eigenvalue weighted by Gasteiger charge is 2.32. The van der Waals surface area contributed by atoms with Crippen LogP contribution in [-0.4, -0.2) is 17.5 Å². The van der Waals surface area contributed by atoms with Gasteiger partial charge >= 0.3 is 6.18 Å². The standard InChI is InChI=1S/C10H6Cl2F3N3S/c11-6-3-5(10(13,14)15)4-7(12)8(6)17-18-9-16-1-2-19-9/h3-4H,1-2H2/b18-17+. The van der Waals surface area contributed by atoms with Crippen LogP contribution in [0.15, 0.2) is 27.4 Å². The van der Waals surface area contributed by atoms with Gasteiger partial charge in [0, 0.05) is 5.75 Å². The zero-order valence-corrected chi connectivity index (χ0v) is 11.5. The molecule has 0 radical (unpaired) electrons. The molecule has 1 aliphatic rings. The van der Waals surface area contributed by atoms with Gasteiger partial charge in [-0.3, -0.25) is 4.99 Å². The predicted molar refractivity (Wildman–Crippen MR) is 70.7 cm³/mol. The second-order valence-corrected chi connectivity index (χ2v) is 5.38. The van der Waals surface area contributed by atoms with E-state index in [9.17, 15) is 13.2 Å². The summed E-state index contributed by atoms with van der Waals surface area (Å²) in [6, 6.07) is 1.54. The number of alkyl halides is 3. The van der Waals surface area contributed by atoms with Crippen molar-refractivity contribution in [3.8, 4) is 0 Å². The molecule has 0 atom stereocenters. The second kappa shape index (κ2) is 5.68. The van der Waals surface area contributed by atoms with E-state index in [1.54, 1.807) is 0 Å². The van der Waals surface area contributed by atoms with E-state index >= 15 is 0 Å². The topological polar surface area (TPSA) is 37.1 Å². The Bertz CT molecular complexity index is 534. The summed E-state index contributed by atoms with van der Waals surface area (Å²) >= 11 is 12.9. The van der Waals surface area contributed by atoms with Crippen LogP contribution >= 0.6 is 35.0 Å². The SMILES string of the molecule is FC(F)(F)c1cc(Cl)c(/N=N/C2=NCCS2)c(Cl)c1. The van der Waals surface area contributed by atoms with Crippen molar-refractivity contribution >= 4 is 45.8 Å². The van der Waals surface area contributed by atoms with Crippen LogP contribution in [0, 0.1) is 0 Å². The van der Waals surface area contributed by atoms with Crippen LogP contribution in [0.2, 0.25) is 10.0 Å². The number of rotatable bonds is 1. The minimum Gasteiger partial charge on any atom is -0.258 e.